The van der Waals surface area contributed by atoms with Gasteiger partial charge in [0, 0.05) is 33.0 Å². The van der Waals surface area contributed by atoms with Crippen molar-refractivity contribution in [1.82, 2.24) is 0 Å². The Balaban J connectivity index is 2.09. The first kappa shape index (κ1) is 18.4. The Hall–Kier alpha value is -2.00. The molecule has 0 radical (unpaired) electrons. The van der Waals surface area contributed by atoms with E-state index in [-0.39, 0.29) is 19.3 Å². The second kappa shape index (κ2) is 5.08. The van der Waals surface area contributed by atoms with Gasteiger partial charge in [0.25, 0.3) is 5.54 Å². The quantitative estimate of drug-likeness (QED) is 0.421. The van der Waals surface area contributed by atoms with Crippen molar-refractivity contribution in [2.45, 2.75) is 58.5 Å². The molecule has 4 bridgehead atoms. The molecule has 1 aromatic carbocycles. The zero-order chi connectivity index (χ0) is 19.9. The number of rotatable bonds is 4. The molecule has 0 heterocycles. The largest absolute Gasteiger partial charge is 0.269 e. The topological polar surface area (TPSA) is 129 Å². The van der Waals surface area contributed by atoms with Crippen LogP contribution in [0.25, 0.3) is 0 Å². The predicted molar refractivity (Wildman–Crippen MR) is 94.8 cm³/mol. The van der Waals surface area contributed by atoms with Gasteiger partial charge in [-0.1, -0.05) is 53.5 Å². The Bertz CT molecular complexity index is 846. The molecule has 2 unspecified atom stereocenters. The first-order valence-corrected chi connectivity index (χ1v) is 9.10. The molecule has 11 heteroatoms. The van der Waals surface area contributed by atoms with E-state index in [1.165, 1.54) is 0 Å². The fourth-order valence-electron chi connectivity index (χ4n) is 5.99. The van der Waals surface area contributed by atoms with E-state index in [0.29, 0.717) is 5.56 Å². The van der Waals surface area contributed by atoms with Crippen molar-refractivity contribution in [3.05, 3.63) is 66.2 Å². The fraction of sp³-hybridized carbons (Fsp3) is 0.625. The van der Waals surface area contributed by atoms with Gasteiger partial charge >= 0.3 is 0 Å². The van der Waals surface area contributed by atoms with E-state index >= 15 is 0 Å². The van der Waals surface area contributed by atoms with Crippen molar-refractivity contribution >= 4 is 23.2 Å². The van der Waals surface area contributed by atoms with Crippen LogP contribution in [0, 0.1) is 30.3 Å². The second-order valence-corrected chi connectivity index (χ2v) is 9.49. The minimum atomic E-state index is -2.18. The number of hydrogen-bond acceptors (Lipinski definition) is 6. The molecule has 0 saturated heterocycles. The van der Waals surface area contributed by atoms with Crippen LogP contribution in [0.4, 0.5) is 0 Å². The Labute approximate surface area is 163 Å². The van der Waals surface area contributed by atoms with Gasteiger partial charge in [-0.25, -0.2) is 0 Å². The van der Waals surface area contributed by atoms with Crippen LogP contribution in [0.15, 0.2) is 30.3 Å². The number of benzene rings is 1. The highest BCUT2D eigenvalue weighted by Crippen LogP contribution is 2.74. The molecule has 4 aliphatic carbocycles. The molecule has 4 saturated carbocycles. The maximum absolute atomic E-state index is 12.2. The van der Waals surface area contributed by atoms with Gasteiger partial charge in [-0.15, -0.1) is 0 Å². The molecular weight excluding hydrogens is 401 g/mol. The fourth-order valence-corrected chi connectivity index (χ4v) is 6.88. The zero-order valence-corrected chi connectivity index (χ0v) is 15.5. The molecule has 4 aliphatic rings. The molecule has 0 aliphatic heterocycles. The third-order valence-corrected chi connectivity index (χ3v) is 8.23. The van der Waals surface area contributed by atoms with Gasteiger partial charge in [-0.3, -0.25) is 30.3 Å². The Morgan fingerprint density at radius 3 is 1.63 bits per heavy atom. The SMILES string of the molecule is O=[N+]([O-])C12CC3([N+](=O)[O-])CC(c4ccccc4)(C1)C(Cl)(Cl)C([N+](=O)[O-])(C2)C3. The van der Waals surface area contributed by atoms with Gasteiger partial charge in [0.05, 0.1) is 19.3 Å². The van der Waals surface area contributed by atoms with Gasteiger partial charge in [0.2, 0.25) is 11.1 Å². The Morgan fingerprint density at radius 1 is 0.741 bits per heavy atom. The number of halogens is 2. The summed E-state index contributed by atoms with van der Waals surface area (Å²) in [7, 11) is 0. The van der Waals surface area contributed by atoms with Crippen LogP contribution >= 0.6 is 23.2 Å². The number of nitro groups is 3. The summed E-state index contributed by atoms with van der Waals surface area (Å²) in [6, 6.07) is 8.29. The summed E-state index contributed by atoms with van der Waals surface area (Å²) in [5.74, 6) is 0. The molecule has 1 aromatic rings. The van der Waals surface area contributed by atoms with Crippen LogP contribution in [-0.2, 0) is 5.41 Å². The van der Waals surface area contributed by atoms with Crippen molar-refractivity contribution in [3.8, 4) is 0 Å². The molecule has 4 fully saturated rings. The molecule has 0 aromatic heterocycles. The van der Waals surface area contributed by atoms with Crippen molar-refractivity contribution in [1.29, 1.82) is 0 Å². The average Bonchev–Trinajstić information content (AvgIpc) is 2.59. The maximum Gasteiger partial charge on any atom is 0.269 e. The molecular formula is C16H15Cl2N3O6. The van der Waals surface area contributed by atoms with E-state index in [2.05, 4.69) is 0 Å². The predicted octanol–water partition coefficient (Wildman–Crippen LogP) is 3.14. The molecule has 0 amide bonds. The molecule has 2 atom stereocenters. The summed E-state index contributed by atoms with van der Waals surface area (Å²) < 4.78 is -2.02. The van der Waals surface area contributed by atoms with Crippen molar-refractivity contribution < 1.29 is 14.8 Å². The van der Waals surface area contributed by atoms with E-state index in [9.17, 15) is 30.3 Å². The van der Waals surface area contributed by atoms with Crippen molar-refractivity contribution in [2.24, 2.45) is 0 Å². The molecule has 0 N–H and O–H groups in total. The summed E-state index contributed by atoms with van der Waals surface area (Å²) in [5, 5.41) is 36.2. The van der Waals surface area contributed by atoms with Crippen molar-refractivity contribution in [3.63, 3.8) is 0 Å². The highest BCUT2D eigenvalue weighted by molar-refractivity contribution is 6.50. The number of hydrogen-bond donors (Lipinski definition) is 0. The molecule has 0 spiro atoms. The maximum atomic E-state index is 12.2. The van der Waals surface area contributed by atoms with Crippen LogP contribution in [0.2, 0.25) is 0 Å². The van der Waals surface area contributed by atoms with Gasteiger partial charge < -0.3 is 0 Å². The van der Waals surface area contributed by atoms with Crippen molar-refractivity contribution in [2.75, 3.05) is 0 Å². The summed E-state index contributed by atoms with van der Waals surface area (Å²) in [6.07, 6.45) is -1.73. The standard InChI is InChI=1S/C16H15Cl2N3O6/c17-16(18)14(11-4-2-1-3-5-11)7-12(19(22)23)6-13(8-14,20(24)25)10-15(16,9-12)21(26)27/h1-5H,6-10H2. The molecule has 9 nitrogen and oxygen atoms in total. The molecule has 5 rings (SSSR count). The second-order valence-electron chi connectivity index (χ2n) is 8.16. The lowest BCUT2D eigenvalue weighted by Gasteiger charge is -2.64. The number of nitrogens with zero attached hydrogens (tertiary/aromatic N) is 3. The van der Waals surface area contributed by atoms with Gasteiger partial charge in [0.15, 0.2) is 4.33 Å². The van der Waals surface area contributed by atoms with Crippen LogP contribution < -0.4 is 0 Å². The van der Waals surface area contributed by atoms with Crippen LogP contribution in [0.5, 0.6) is 0 Å². The van der Waals surface area contributed by atoms with Gasteiger partial charge in [0.1, 0.15) is 0 Å². The number of alkyl halides is 2. The van der Waals surface area contributed by atoms with E-state index in [1.54, 1.807) is 30.3 Å². The average molecular weight is 416 g/mol. The minimum Gasteiger partial charge on any atom is -0.264 e. The minimum absolute atomic E-state index is 0.171. The van der Waals surface area contributed by atoms with Gasteiger partial charge in [-0.2, -0.15) is 0 Å². The lowest BCUT2D eigenvalue weighted by atomic mass is 9.40. The van der Waals surface area contributed by atoms with E-state index < -0.39 is 54.0 Å². The highest BCUT2D eigenvalue weighted by Gasteiger charge is 2.90. The van der Waals surface area contributed by atoms with Crippen LogP contribution in [-0.4, -0.2) is 35.7 Å². The summed E-state index contributed by atoms with van der Waals surface area (Å²) in [4.78, 5) is 34.3. The van der Waals surface area contributed by atoms with Crippen LogP contribution in [0.1, 0.15) is 37.7 Å². The zero-order valence-electron chi connectivity index (χ0n) is 14.0. The summed E-state index contributed by atoms with van der Waals surface area (Å²) >= 11 is 13.4. The summed E-state index contributed by atoms with van der Waals surface area (Å²) in [6.45, 7) is 0. The normalized spacial score (nSPS) is 41.3. The van der Waals surface area contributed by atoms with Gasteiger partial charge in [-0.05, 0) is 5.56 Å². The third kappa shape index (κ3) is 1.91. The lowest BCUT2D eigenvalue weighted by Crippen LogP contribution is -2.83. The van der Waals surface area contributed by atoms with E-state index in [1.807, 2.05) is 0 Å². The highest BCUT2D eigenvalue weighted by atomic mass is 35.5. The van der Waals surface area contributed by atoms with Crippen LogP contribution in [0.3, 0.4) is 0 Å². The Kier molecular flexibility index (Phi) is 3.45. The lowest BCUT2D eigenvalue weighted by molar-refractivity contribution is -0.692. The first-order chi connectivity index (χ1) is 12.5. The molecule has 144 valence electrons. The first-order valence-electron chi connectivity index (χ1n) is 8.34. The Morgan fingerprint density at radius 2 is 1.22 bits per heavy atom. The van der Waals surface area contributed by atoms with E-state index in [0.717, 1.165) is 0 Å². The monoisotopic (exact) mass is 415 g/mol. The van der Waals surface area contributed by atoms with E-state index in [4.69, 9.17) is 23.2 Å². The smallest absolute Gasteiger partial charge is 0.264 e. The molecule has 27 heavy (non-hydrogen) atoms. The third-order valence-electron chi connectivity index (χ3n) is 6.80. The summed E-state index contributed by atoms with van der Waals surface area (Å²) in [5.41, 5.74) is -6.84.